The summed E-state index contributed by atoms with van der Waals surface area (Å²) in [6.45, 7) is 4.01. The average Bonchev–Trinajstić information content (AvgIpc) is 2.43. The molecule has 0 bridgehead atoms. The van der Waals surface area contributed by atoms with E-state index in [-0.39, 0.29) is 37.5 Å². The highest BCUT2D eigenvalue weighted by atomic mass is 32.2. The van der Waals surface area contributed by atoms with Gasteiger partial charge in [0, 0.05) is 19.1 Å². The van der Waals surface area contributed by atoms with Crippen molar-refractivity contribution in [3.63, 3.8) is 0 Å². The van der Waals surface area contributed by atoms with Crippen LogP contribution < -0.4 is 4.72 Å². The second-order valence-electron chi connectivity index (χ2n) is 5.35. The highest BCUT2D eigenvalue weighted by molar-refractivity contribution is 7.87. The lowest BCUT2D eigenvalue weighted by Gasteiger charge is -2.31. The Hall–Kier alpha value is -0.700. The van der Waals surface area contributed by atoms with Crippen molar-refractivity contribution in [1.82, 2.24) is 9.03 Å². The molecule has 0 unspecified atom stereocenters. The highest BCUT2D eigenvalue weighted by Crippen LogP contribution is 2.20. The first kappa shape index (κ1) is 17.4. The molecule has 0 radical (unpaired) electrons. The van der Waals surface area contributed by atoms with Gasteiger partial charge in [0.25, 0.3) is 10.2 Å². The van der Waals surface area contributed by atoms with Crippen molar-refractivity contribution < 1.29 is 23.1 Å². The maximum atomic E-state index is 12.2. The molecule has 0 aromatic carbocycles. The van der Waals surface area contributed by atoms with Gasteiger partial charge in [-0.25, -0.2) is 0 Å². The molecule has 1 saturated heterocycles. The van der Waals surface area contributed by atoms with Gasteiger partial charge in [-0.05, 0) is 18.8 Å². The lowest BCUT2D eigenvalue weighted by atomic mass is 9.99. The maximum absolute atomic E-state index is 12.2. The number of esters is 1. The summed E-state index contributed by atoms with van der Waals surface area (Å²) in [7, 11) is -2.29. The van der Waals surface area contributed by atoms with Crippen molar-refractivity contribution in [2.45, 2.75) is 32.7 Å². The molecule has 1 rings (SSSR count). The molecule has 7 nitrogen and oxygen atoms in total. The lowest BCUT2D eigenvalue weighted by molar-refractivity contribution is -0.146. The Bertz CT molecular complexity index is 416. The molecule has 0 aromatic rings. The first-order chi connectivity index (χ1) is 9.31. The van der Waals surface area contributed by atoms with E-state index in [2.05, 4.69) is 9.46 Å². The quantitative estimate of drug-likeness (QED) is 0.658. The Morgan fingerprint density at radius 1 is 1.40 bits per heavy atom. The fraction of sp³-hybridized carbons (Fsp3) is 0.917. The molecule has 1 aliphatic heterocycles. The molecule has 20 heavy (non-hydrogen) atoms. The number of hydrogen-bond donors (Lipinski definition) is 2. The summed E-state index contributed by atoms with van der Waals surface area (Å²) in [6.07, 6.45) is 0.915. The van der Waals surface area contributed by atoms with Gasteiger partial charge in [-0.3, -0.25) is 4.79 Å². The van der Waals surface area contributed by atoms with E-state index in [0.717, 1.165) is 0 Å². The zero-order valence-electron chi connectivity index (χ0n) is 12.2. The van der Waals surface area contributed by atoms with Crippen LogP contribution in [0.1, 0.15) is 26.7 Å². The molecule has 0 spiro atoms. The summed E-state index contributed by atoms with van der Waals surface area (Å²) in [5, 5.41) is 9.20. The average molecular weight is 308 g/mol. The van der Waals surface area contributed by atoms with Crippen molar-refractivity contribution in [2.75, 3.05) is 26.8 Å². The van der Waals surface area contributed by atoms with E-state index >= 15 is 0 Å². The van der Waals surface area contributed by atoms with Crippen molar-refractivity contribution in [2.24, 2.45) is 11.8 Å². The van der Waals surface area contributed by atoms with Crippen molar-refractivity contribution in [1.29, 1.82) is 0 Å². The molecule has 1 atom stereocenters. The number of ether oxygens (including phenoxy) is 1. The Morgan fingerprint density at radius 2 is 1.95 bits per heavy atom. The number of rotatable bonds is 6. The molecule has 8 heteroatoms. The van der Waals surface area contributed by atoms with Crippen molar-refractivity contribution >= 4 is 16.2 Å². The number of piperidine rings is 1. The first-order valence-electron chi connectivity index (χ1n) is 6.78. The molecule has 0 saturated carbocycles. The van der Waals surface area contributed by atoms with E-state index in [1.807, 2.05) is 13.8 Å². The fourth-order valence-corrected chi connectivity index (χ4v) is 3.72. The molecule has 2 N–H and O–H groups in total. The van der Waals surface area contributed by atoms with E-state index in [1.54, 1.807) is 0 Å². The van der Waals surface area contributed by atoms with Crippen LogP contribution in [0.2, 0.25) is 0 Å². The summed E-state index contributed by atoms with van der Waals surface area (Å²) < 4.78 is 32.9. The monoisotopic (exact) mass is 308 g/mol. The predicted molar refractivity (Wildman–Crippen MR) is 74.1 cm³/mol. The Labute approximate surface area is 120 Å². The zero-order chi connectivity index (χ0) is 15.3. The molecule has 1 aliphatic rings. The third-order valence-corrected chi connectivity index (χ3v) is 5.28. The minimum absolute atomic E-state index is 0.00221. The number of carbonyl (C=O) groups excluding carboxylic acids is 1. The molecule has 0 aliphatic carbocycles. The van der Waals surface area contributed by atoms with Crippen LogP contribution in [-0.4, -0.2) is 56.6 Å². The van der Waals surface area contributed by atoms with Crippen molar-refractivity contribution in [3.8, 4) is 0 Å². The molecule has 1 fully saturated rings. The van der Waals surface area contributed by atoms with Crippen LogP contribution in [0.15, 0.2) is 0 Å². The number of aliphatic hydroxyl groups excluding tert-OH is 1. The molecule has 118 valence electrons. The van der Waals surface area contributed by atoms with Gasteiger partial charge < -0.3 is 9.84 Å². The van der Waals surface area contributed by atoms with E-state index in [0.29, 0.717) is 12.8 Å². The van der Waals surface area contributed by atoms with Crippen LogP contribution in [0, 0.1) is 11.8 Å². The molecule has 0 amide bonds. The van der Waals surface area contributed by atoms with E-state index in [4.69, 9.17) is 0 Å². The largest absolute Gasteiger partial charge is 0.469 e. The van der Waals surface area contributed by atoms with Crippen LogP contribution in [-0.2, 0) is 19.7 Å². The summed E-state index contributed by atoms with van der Waals surface area (Å²) in [5.41, 5.74) is 0. The molecular weight excluding hydrogens is 284 g/mol. The van der Waals surface area contributed by atoms with Gasteiger partial charge in [0.05, 0.1) is 19.6 Å². The Balaban J connectivity index is 2.61. The number of hydrogen-bond acceptors (Lipinski definition) is 5. The third-order valence-electron chi connectivity index (χ3n) is 3.63. The topological polar surface area (TPSA) is 95.9 Å². The van der Waals surface area contributed by atoms with Crippen LogP contribution in [0.25, 0.3) is 0 Å². The molecular formula is C12H24N2O5S. The summed E-state index contributed by atoms with van der Waals surface area (Å²) in [6, 6.07) is -0.502. The molecule has 1 heterocycles. The van der Waals surface area contributed by atoms with Gasteiger partial charge in [0.2, 0.25) is 0 Å². The van der Waals surface area contributed by atoms with Gasteiger partial charge in [0.1, 0.15) is 0 Å². The van der Waals surface area contributed by atoms with Crippen LogP contribution >= 0.6 is 0 Å². The first-order valence-corrected chi connectivity index (χ1v) is 8.22. The van der Waals surface area contributed by atoms with Gasteiger partial charge >= 0.3 is 5.97 Å². The second kappa shape index (κ2) is 7.35. The Kier molecular flexibility index (Phi) is 6.38. The minimum Gasteiger partial charge on any atom is -0.469 e. The van der Waals surface area contributed by atoms with Gasteiger partial charge in [-0.15, -0.1) is 0 Å². The maximum Gasteiger partial charge on any atom is 0.308 e. The molecule has 0 aromatic heterocycles. The van der Waals surface area contributed by atoms with Crippen LogP contribution in [0.4, 0.5) is 0 Å². The van der Waals surface area contributed by atoms with Gasteiger partial charge in [-0.1, -0.05) is 13.8 Å². The fourth-order valence-electron chi connectivity index (χ4n) is 2.15. The van der Waals surface area contributed by atoms with Crippen LogP contribution in [0.3, 0.4) is 0 Å². The van der Waals surface area contributed by atoms with E-state index in [1.165, 1.54) is 11.4 Å². The zero-order valence-corrected chi connectivity index (χ0v) is 13.0. The second-order valence-corrected chi connectivity index (χ2v) is 7.05. The number of nitrogens with one attached hydrogen (secondary N) is 1. The van der Waals surface area contributed by atoms with Crippen LogP contribution in [0.5, 0.6) is 0 Å². The highest BCUT2D eigenvalue weighted by Gasteiger charge is 2.33. The van der Waals surface area contributed by atoms with E-state index in [9.17, 15) is 18.3 Å². The van der Waals surface area contributed by atoms with Gasteiger partial charge in [0.15, 0.2) is 0 Å². The SMILES string of the molecule is COC(=O)C1CCN(S(=O)(=O)N[C@H](CO)C(C)C)CC1. The Morgan fingerprint density at radius 3 is 2.35 bits per heavy atom. The van der Waals surface area contributed by atoms with Crippen molar-refractivity contribution in [3.05, 3.63) is 0 Å². The number of methoxy groups -OCH3 is 1. The summed E-state index contributed by atoms with van der Waals surface area (Å²) in [4.78, 5) is 11.4. The standard InChI is InChI=1S/C12H24N2O5S/c1-9(2)11(8-15)13-20(17,18)14-6-4-10(5-7-14)12(16)19-3/h9-11,13,15H,4-8H2,1-3H3/t11-/m1/s1. The number of aliphatic hydroxyl groups is 1. The lowest BCUT2D eigenvalue weighted by Crippen LogP contribution is -2.51. The predicted octanol–water partition coefficient (Wildman–Crippen LogP) is -0.277. The summed E-state index contributed by atoms with van der Waals surface area (Å²) >= 11 is 0. The minimum atomic E-state index is -3.62. The van der Waals surface area contributed by atoms with Gasteiger partial charge in [-0.2, -0.15) is 17.4 Å². The third kappa shape index (κ3) is 4.41. The number of carbonyl (C=O) groups is 1. The normalized spacial score (nSPS) is 20.1. The van der Waals surface area contributed by atoms with E-state index < -0.39 is 16.3 Å². The smallest absolute Gasteiger partial charge is 0.308 e. The number of nitrogens with zero attached hydrogens (tertiary/aromatic N) is 1. The summed E-state index contributed by atoms with van der Waals surface area (Å²) in [5.74, 6) is -0.516.